The van der Waals surface area contributed by atoms with E-state index in [2.05, 4.69) is 35.5 Å². The topological polar surface area (TPSA) is 70.7 Å². The summed E-state index contributed by atoms with van der Waals surface area (Å²) in [6.07, 6.45) is 4.20. The van der Waals surface area contributed by atoms with E-state index in [4.69, 9.17) is 4.74 Å². The second-order valence-corrected chi connectivity index (χ2v) is 10.4. The number of nitrogens with zero attached hydrogens (tertiary/aromatic N) is 1. The molecule has 2 bridgehead atoms. The largest absolute Gasteiger partial charge is 0.444 e. The maximum atomic E-state index is 12.9. The van der Waals surface area contributed by atoms with E-state index in [0.717, 1.165) is 30.3 Å². The number of nitrogens with one attached hydrogen (secondary N) is 2. The van der Waals surface area contributed by atoms with Crippen LogP contribution in [0.15, 0.2) is 35.9 Å². The van der Waals surface area contributed by atoms with Gasteiger partial charge in [0.2, 0.25) is 5.91 Å². The van der Waals surface area contributed by atoms with Crippen molar-refractivity contribution in [2.75, 3.05) is 23.3 Å². The first-order chi connectivity index (χ1) is 14.0. The van der Waals surface area contributed by atoms with Gasteiger partial charge in [-0.05, 0) is 63.0 Å². The lowest BCUT2D eigenvalue weighted by Crippen LogP contribution is -2.52. The second-order valence-electron chi connectivity index (χ2n) is 10.4. The molecule has 0 radical (unpaired) electrons. The molecule has 4 aliphatic rings. The molecule has 30 heavy (non-hydrogen) atoms. The summed E-state index contributed by atoms with van der Waals surface area (Å²) in [5, 5.41) is 5.75. The van der Waals surface area contributed by atoms with E-state index in [9.17, 15) is 9.59 Å². The molecule has 162 valence electrons. The number of benzene rings is 1. The van der Waals surface area contributed by atoms with Crippen LogP contribution in [0, 0.1) is 17.3 Å². The maximum Gasteiger partial charge on any atom is 0.408 e. The number of rotatable bonds is 3. The summed E-state index contributed by atoms with van der Waals surface area (Å²) in [5.74, 6) is 1.15. The molecular weight excluding hydrogens is 378 g/mol. The zero-order valence-electron chi connectivity index (χ0n) is 18.6. The van der Waals surface area contributed by atoms with Crippen molar-refractivity contribution in [1.29, 1.82) is 0 Å². The molecule has 1 fully saturated rings. The van der Waals surface area contributed by atoms with Crippen molar-refractivity contribution in [1.82, 2.24) is 5.32 Å². The predicted molar refractivity (Wildman–Crippen MR) is 119 cm³/mol. The van der Waals surface area contributed by atoms with Gasteiger partial charge in [-0.25, -0.2) is 4.79 Å². The number of amides is 2. The van der Waals surface area contributed by atoms with Gasteiger partial charge in [-0.15, -0.1) is 0 Å². The number of anilines is 2. The molecule has 5 rings (SSSR count). The Kier molecular flexibility index (Phi) is 5.07. The van der Waals surface area contributed by atoms with E-state index in [0.29, 0.717) is 17.9 Å². The highest BCUT2D eigenvalue weighted by atomic mass is 16.6. The summed E-state index contributed by atoms with van der Waals surface area (Å²) in [7, 11) is 0. The number of alkyl carbamates (subject to hydrolysis) is 1. The Hall–Kier alpha value is -2.50. The third-order valence-corrected chi connectivity index (χ3v) is 6.87. The van der Waals surface area contributed by atoms with Crippen LogP contribution < -0.4 is 15.5 Å². The minimum atomic E-state index is -0.696. The second kappa shape index (κ2) is 7.33. The molecule has 2 amide bonds. The van der Waals surface area contributed by atoms with E-state index in [1.807, 2.05) is 45.0 Å². The number of carbonyl (C=O) groups excluding carboxylic acids is 2. The fraction of sp³-hybridized carbons (Fsp3) is 0.583. The lowest BCUT2D eigenvalue weighted by molar-refractivity contribution is -0.117. The van der Waals surface area contributed by atoms with Gasteiger partial charge in [0.25, 0.3) is 0 Å². The Morgan fingerprint density at radius 1 is 1.30 bits per heavy atom. The van der Waals surface area contributed by atoms with Crippen LogP contribution in [0.2, 0.25) is 0 Å². The van der Waals surface area contributed by atoms with Crippen LogP contribution in [0.3, 0.4) is 0 Å². The minimum absolute atomic E-state index is 0.225. The summed E-state index contributed by atoms with van der Waals surface area (Å²) in [5.41, 5.74) is 2.94. The van der Waals surface area contributed by atoms with Crippen molar-refractivity contribution in [3.63, 3.8) is 0 Å². The van der Waals surface area contributed by atoms with E-state index in [1.54, 1.807) is 0 Å². The van der Waals surface area contributed by atoms with E-state index in [1.165, 1.54) is 12.0 Å². The van der Waals surface area contributed by atoms with E-state index in [-0.39, 0.29) is 5.91 Å². The van der Waals surface area contributed by atoms with E-state index < -0.39 is 17.7 Å². The van der Waals surface area contributed by atoms with Crippen LogP contribution in [-0.4, -0.2) is 36.7 Å². The molecule has 0 spiro atoms. The molecule has 6 heteroatoms. The predicted octanol–water partition coefficient (Wildman–Crippen LogP) is 4.33. The van der Waals surface area contributed by atoms with Gasteiger partial charge in [-0.1, -0.05) is 37.6 Å². The third-order valence-electron chi connectivity index (χ3n) is 6.87. The first-order valence-corrected chi connectivity index (χ1v) is 10.9. The van der Waals surface area contributed by atoms with Crippen LogP contribution in [0.4, 0.5) is 16.2 Å². The molecule has 1 aromatic carbocycles. The lowest BCUT2D eigenvalue weighted by Gasteiger charge is -2.57. The number of hydrogen-bond acceptors (Lipinski definition) is 4. The van der Waals surface area contributed by atoms with Crippen LogP contribution in [0.5, 0.6) is 0 Å². The average Bonchev–Trinajstić information content (AvgIpc) is 2.77. The summed E-state index contributed by atoms with van der Waals surface area (Å²) >= 11 is 0. The number of hydrogen-bond donors (Lipinski definition) is 2. The number of para-hydroxylation sites is 2. The zero-order valence-corrected chi connectivity index (χ0v) is 18.6. The molecule has 2 N–H and O–H groups in total. The van der Waals surface area contributed by atoms with Gasteiger partial charge in [0.1, 0.15) is 11.6 Å². The van der Waals surface area contributed by atoms with Crippen LogP contribution in [-0.2, 0) is 9.53 Å². The van der Waals surface area contributed by atoms with Crippen LogP contribution in [0.1, 0.15) is 47.5 Å². The smallest absolute Gasteiger partial charge is 0.408 e. The van der Waals surface area contributed by atoms with Gasteiger partial charge in [-0.2, -0.15) is 0 Å². The van der Waals surface area contributed by atoms with Crippen LogP contribution >= 0.6 is 0 Å². The summed E-state index contributed by atoms with van der Waals surface area (Å²) in [6, 6.07) is 7.15. The Balaban J connectivity index is 1.57. The normalized spacial score (nSPS) is 27.1. The molecule has 3 aliphatic carbocycles. The first-order valence-electron chi connectivity index (χ1n) is 10.9. The van der Waals surface area contributed by atoms with Gasteiger partial charge in [0.05, 0.1) is 11.4 Å². The standard InChI is InChI=1S/C24H33N3O3/c1-23(2,3)30-22(29)26-19-14-27(20-9-7-6-8-18(20)25-21(19)28)13-15-10-11-16-12-17(15)24(16,4)5/h6-10,16-17,19H,11-14H2,1-5H3,(H,25,28)(H,26,29)/t16?,17-,19-/m1/s1. The highest BCUT2D eigenvalue weighted by Crippen LogP contribution is 2.59. The van der Waals surface area contributed by atoms with Gasteiger partial charge in [0.15, 0.2) is 0 Å². The quantitative estimate of drug-likeness (QED) is 0.727. The summed E-state index contributed by atoms with van der Waals surface area (Å²) < 4.78 is 5.38. The lowest BCUT2D eigenvalue weighted by atomic mass is 9.49. The molecule has 1 aliphatic heterocycles. The molecule has 1 heterocycles. The van der Waals surface area contributed by atoms with Gasteiger partial charge < -0.3 is 20.3 Å². The Morgan fingerprint density at radius 2 is 2.03 bits per heavy atom. The third kappa shape index (κ3) is 3.92. The molecule has 1 unspecified atom stereocenters. The summed E-state index contributed by atoms with van der Waals surface area (Å²) in [6.45, 7) is 11.3. The van der Waals surface area contributed by atoms with Crippen molar-refractivity contribution in [2.24, 2.45) is 17.3 Å². The number of carbonyl (C=O) groups is 2. The Labute approximate surface area is 179 Å². The molecule has 1 saturated carbocycles. The van der Waals surface area contributed by atoms with Crippen molar-refractivity contribution in [3.8, 4) is 0 Å². The van der Waals surface area contributed by atoms with Gasteiger partial charge >= 0.3 is 6.09 Å². The van der Waals surface area contributed by atoms with Gasteiger partial charge in [0, 0.05) is 13.1 Å². The SMILES string of the molecule is CC(C)(C)OC(=O)N[C@@H]1CN(CC2=CCC3C[C@H]2C3(C)C)c2ccccc2NC1=O. The zero-order chi connectivity index (χ0) is 21.7. The van der Waals surface area contributed by atoms with Crippen molar-refractivity contribution in [3.05, 3.63) is 35.9 Å². The first kappa shape index (κ1) is 20.8. The molecule has 0 aromatic heterocycles. The van der Waals surface area contributed by atoms with Crippen molar-refractivity contribution in [2.45, 2.75) is 59.1 Å². The molecule has 0 saturated heterocycles. The number of ether oxygens (including phenoxy) is 1. The highest BCUT2D eigenvalue weighted by Gasteiger charge is 2.51. The van der Waals surface area contributed by atoms with Crippen LogP contribution in [0.25, 0.3) is 0 Å². The minimum Gasteiger partial charge on any atom is -0.444 e. The highest BCUT2D eigenvalue weighted by molar-refractivity contribution is 6.01. The molecular formula is C24H33N3O3. The van der Waals surface area contributed by atoms with Crippen molar-refractivity contribution < 1.29 is 14.3 Å². The fourth-order valence-electron chi connectivity index (χ4n) is 5.06. The number of allylic oxidation sites excluding steroid dienone is 1. The van der Waals surface area contributed by atoms with Crippen molar-refractivity contribution >= 4 is 23.4 Å². The van der Waals surface area contributed by atoms with Gasteiger partial charge in [-0.3, -0.25) is 4.79 Å². The van der Waals surface area contributed by atoms with E-state index >= 15 is 0 Å². The fourth-order valence-corrected chi connectivity index (χ4v) is 5.06. The maximum absolute atomic E-state index is 12.9. The molecule has 1 aromatic rings. The molecule has 6 nitrogen and oxygen atoms in total. The molecule has 3 atom stereocenters. The Bertz CT molecular complexity index is 884. The average molecular weight is 412 g/mol. The number of fused-ring (bicyclic) bond motifs is 2. The monoisotopic (exact) mass is 411 g/mol. The Morgan fingerprint density at radius 3 is 2.70 bits per heavy atom. The summed E-state index contributed by atoms with van der Waals surface area (Å²) in [4.78, 5) is 27.4.